The van der Waals surface area contributed by atoms with Crippen LogP contribution in [0.1, 0.15) is 16.7 Å². The Labute approximate surface area is 151 Å². The second-order valence-corrected chi connectivity index (χ2v) is 5.84. The number of amides is 3. The smallest absolute Gasteiger partial charge is 0.393 e. The highest BCUT2D eigenvalue weighted by Gasteiger charge is 2.53. The summed E-state index contributed by atoms with van der Waals surface area (Å²) in [5.74, 6) is -0.918. The van der Waals surface area contributed by atoms with E-state index in [1.54, 1.807) is 18.2 Å². The number of benzene rings is 2. The molecule has 0 aliphatic carbocycles. The molecule has 1 atom stereocenters. The van der Waals surface area contributed by atoms with E-state index < -0.39 is 41.4 Å². The van der Waals surface area contributed by atoms with Crippen LogP contribution in [-0.4, -0.2) is 23.7 Å². The largest absolute Gasteiger partial charge is 0.417 e. The highest BCUT2D eigenvalue weighted by Crippen LogP contribution is 2.37. The molecule has 1 aliphatic rings. The van der Waals surface area contributed by atoms with Gasteiger partial charge in [0.1, 0.15) is 0 Å². The van der Waals surface area contributed by atoms with E-state index in [-0.39, 0.29) is 11.3 Å². The first-order valence-electron chi connectivity index (χ1n) is 7.69. The van der Waals surface area contributed by atoms with Crippen LogP contribution in [0.25, 0.3) is 0 Å². The maximum atomic E-state index is 13.2. The van der Waals surface area contributed by atoms with Crippen LogP contribution in [0.4, 0.5) is 23.7 Å². The van der Waals surface area contributed by atoms with Gasteiger partial charge in [0.2, 0.25) is 0 Å². The molecule has 0 saturated carbocycles. The van der Waals surface area contributed by atoms with E-state index in [1.165, 1.54) is 18.2 Å². The van der Waals surface area contributed by atoms with Gasteiger partial charge in [-0.15, -0.1) is 0 Å². The number of hydrogen-bond acceptors (Lipinski definition) is 4. The van der Waals surface area contributed by atoms with E-state index >= 15 is 0 Å². The average Bonchev–Trinajstić information content (AvgIpc) is 2.92. The van der Waals surface area contributed by atoms with Crippen molar-refractivity contribution in [2.24, 2.45) is 0 Å². The van der Waals surface area contributed by atoms with Crippen LogP contribution in [0.3, 0.4) is 0 Å². The van der Waals surface area contributed by atoms with Crippen LogP contribution < -0.4 is 10.2 Å². The van der Waals surface area contributed by atoms with E-state index in [0.717, 1.165) is 12.1 Å². The number of carbonyl (C=O) groups is 2. The SMILES string of the molecule is N#Cc1ccc(N2C(=O)N[C@](CO)(c3ccccc3)C2=O)cc1C(F)(F)F. The van der Waals surface area contributed by atoms with Gasteiger partial charge in [-0.2, -0.15) is 18.4 Å². The Balaban J connectivity index is 2.10. The van der Waals surface area contributed by atoms with Gasteiger partial charge in [0.15, 0.2) is 5.54 Å². The quantitative estimate of drug-likeness (QED) is 0.807. The number of nitrogens with zero attached hydrogens (tertiary/aromatic N) is 2. The molecule has 1 heterocycles. The summed E-state index contributed by atoms with van der Waals surface area (Å²) in [5, 5.41) is 21.0. The van der Waals surface area contributed by atoms with Crippen LogP contribution in [0.15, 0.2) is 48.5 Å². The number of nitriles is 1. The number of rotatable bonds is 3. The molecule has 2 N–H and O–H groups in total. The van der Waals surface area contributed by atoms with E-state index in [1.807, 2.05) is 0 Å². The Kier molecular flexibility index (Phi) is 4.37. The minimum atomic E-state index is -4.84. The van der Waals surface area contributed by atoms with E-state index in [4.69, 9.17) is 5.26 Å². The zero-order valence-corrected chi connectivity index (χ0v) is 13.6. The number of urea groups is 1. The lowest BCUT2D eigenvalue weighted by molar-refractivity contribution is -0.137. The summed E-state index contributed by atoms with van der Waals surface area (Å²) in [6.07, 6.45) is -4.84. The molecular weight excluding hydrogens is 363 g/mol. The van der Waals surface area contributed by atoms with Gasteiger partial charge < -0.3 is 10.4 Å². The van der Waals surface area contributed by atoms with E-state index in [2.05, 4.69) is 5.32 Å². The highest BCUT2D eigenvalue weighted by atomic mass is 19.4. The Bertz CT molecular complexity index is 954. The topological polar surface area (TPSA) is 93.4 Å². The third-order valence-electron chi connectivity index (χ3n) is 4.28. The fraction of sp³-hybridized carbons (Fsp3) is 0.167. The summed E-state index contributed by atoms with van der Waals surface area (Å²) in [7, 11) is 0. The molecule has 1 aliphatic heterocycles. The number of anilines is 1. The predicted octanol–water partition coefficient (Wildman–Crippen LogP) is 2.52. The molecule has 0 aromatic heterocycles. The summed E-state index contributed by atoms with van der Waals surface area (Å²) in [6, 6.07) is 10.9. The molecule has 0 bridgehead atoms. The molecule has 0 radical (unpaired) electrons. The van der Waals surface area contributed by atoms with Crippen LogP contribution in [0.2, 0.25) is 0 Å². The minimum Gasteiger partial charge on any atom is -0.393 e. The molecule has 3 rings (SSSR count). The molecule has 27 heavy (non-hydrogen) atoms. The highest BCUT2D eigenvalue weighted by molar-refractivity contribution is 6.23. The van der Waals surface area contributed by atoms with Gasteiger partial charge in [0.05, 0.1) is 29.5 Å². The lowest BCUT2D eigenvalue weighted by atomic mass is 9.90. The van der Waals surface area contributed by atoms with E-state index in [9.17, 15) is 27.9 Å². The lowest BCUT2D eigenvalue weighted by Gasteiger charge is -2.24. The summed E-state index contributed by atoms with van der Waals surface area (Å²) in [5.41, 5.74) is -3.75. The van der Waals surface area contributed by atoms with Gasteiger partial charge >= 0.3 is 12.2 Å². The van der Waals surface area contributed by atoms with Crippen LogP contribution in [-0.2, 0) is 16.5 Å². The molecule has 2 aromatic rings. The number of nitrogens with one attached hydrogen (secondary N) is 1. The second kappa shape index (κ2) is 6.41. The van der Waals surface area contributed by atoms with Crippen molar-refractivity contribution in [2.45, 2.75) is 11.7 Å². The molecule has 3 amide bonds. The Morgan fingerprint density at radius 3 is 2.37 bits per heavy atom. The normalized spacial score (nSPS) is 19.7. The number of carbonyl (C=O) groups excluding carboxylic acids is 2. The Hall–Kier alpha value is -3.38. The van der Waals surface area contributed by atoms with Crippen molar-refractivity contribution in [3.05, 3.63) is 65.2 Å². The van der Waals surface area contributed by atoms with Gasteiger partial charge in [-0.05, 0) is 23.8 Å². The van der Waals surface area contributed by atoms with Crippen molar-refractivity contribution in [2.75, 3.05) is 11.5 Å². The van der Waals surface area contributed by atoms with Crippen LogP contribution in [0, 0.1) is 11.3 Å². The summed E-state index contributed by atoms with van der Waals surface area (Å²) in [4.78, 5) is 25.8. The van der Waals surface area contributed by atoms with Gasteiger partial charge in [-0.1, -0.05) is 30.3 Å². The predicted molar refractivity (Wildman–Crippen MR) is 87.4 cm³/mol. The fourth-order valence-corrected chi connectivity index (χ4v) is 2.93. The van der Waals surface area contributed by atoms with Crippen molar-refractivity contribution in [1.29, 1.82) is 5.26 Å². The van der Waals surface area contributed by atoms with Crippen molar-refractivity contribution in [3.8, 4) is 6.07 Å². The maximum Gasteiger partial charge on any atom is 0.417 e. The number of aliphatic hydroxyl groups excluding tert-OH is 1. The second-order valence-electron chi connectivity index (χ2n) is 5.84. The first-order chi connectivity index (χ1) is 12.7. The molecule has 0 unspecified atom stereocenters. The molecule has 2 aromatic carbocycles. The summed E-state index contributed by atoms with van der Waals surface area (Å²) < 4.78 is 39.6. The molecule has 0 spiro atoms. The standard InChI is InChI=1S/C18H12F3N3O3/c19-18(20,21)14-8-13(7-6-11(14)9-22)24-15(26)17(10-25,23-16(24)27)12-4-2-1-3-5-12/h1-8,25H,10H2,(H,23,27)/t17-/m1/s1. The Morgan fingerprint density at radius 2 is 1.81 bits per heavy atom. The number of imide groups is 1. The summed E-state index contributed by atoms with van der Waals surface area (Å²) in [6.45, 7) is -0.777. The molecular formula is C18H12F3N3O3. The van der Waals surface area contributed by atoms with Gasteiger partial charge in [0.25, 0.3) is 5.91 Å². The number of halogens is 3. The van der Waals surface area contributed by atoms with Gasteiger partial charge in [-0.3, -0.25) is 4.79 Å². The maximum absolute atomic E-state index is 13.2. The van der Waals surface area contributed by atoms with E-state index in [0.29, 0.717) is 11.0 Å². The van der Waals surface area contributed by atoms with Crippen molar-refractivity contribution in [3.63, 3.8) is 0 Å². The van der Waals surface area contributed by atoms with Crippen molar-refractivity contribution in [1.82, 2.24) is 5.32 Å². The molecule has 138 valence electrons. The van der Waals surface area contributed by atoms with Gasteiger partial charge in [0, 0.05) is 0 Å². The molecule has 1 saturated heterocycles. The summed E-state index contributed by atoms with van der Waals surface area (Å²) >= 11 is 0. The van der Waals surface area contributed by atoms with Gasteiger partial charge in [-0.25, -0.2) is 9.69 Å². The lowest BCUT2D eigenvalue weighted by Crippen LogP contribution is -2.47. The minimum absolute atomic E-state index is 0.290. The molecule has 9 heteroatoms. The first kappa shape index (κ1) is 18.4. The van der Waals surface area contributed by atoms with Crippen LogP contribution in [0.5, 0.6) is 0 Å². The number of aliphatic hydroxyl groups is 1. The van der Waals surface area contributed by atoms with Crippen molar-refractivity contribution < 1.29 is 27.9 Å². The fourth-order valence-electron chi connectivity index (χ4n) is 2.93. The molecule has 6 nitrogen and oxygen atoms in total. The van der Waals surface area contributed by atoms with Crippen molar-refractivity contribution >= 4 is 17.6 Å². The molecule has 1 fully saturated rings. The number of hydrogen-bond donors (Lipinski definition) is 2. The van der Waals surface area contributed by atoms with Crippen LogP contribution >= 0.6 is 0 Å². The average molecular weight is 375 g/mol. The Morgan fingerprint density at radius 1 is 1.15 bits per heavy atom. The first-order valence-corrected chi connectivity index (χ1v) is 7.69. The third-order valence-corrected chi connectivity index (χ3v) is 4.28. The zero-order valence-electron chi connectivity index (χ0n) is 13.6. The monoisotopic (exact) mass is 375 g/mol. The zero-order chi connectivity index (χ0) is 19.8. The third kappa shape index (κ3) is 2.90. The number of alkyl halides is 3.